The van der Waals surface area contributed by atoms with Gasteiger partial charge in [0.15, 0.2) is 0 Å². The van der Waals surface area contributed by atoms with E-state index in [1.165, 1.54) is 25.7 Å². The molecule has 0 amide bonds. The topological polar surface area (TPSA) is 0 Å². The van der Waals surface area contributed by atoms with Gasteiger partial charge in [-0.1, -0.05) is 26.7 Å². The second kappa shape index (κ2) is 3.24. The number of hydrogen-bond acceptors (Lipinski definition) is 0. The zero-order valence-corrected chi connectivity index (χ0v) is 6.56. The molecule has 2 unspecified atom stereocenters. The Labute approximate surface area is 58.7 Å². The first-order valence-electron chi connectivity index (χ1n) is 4.16. The van der Waals surface area contributed by atoms with Crippen molar-refractivity contribution in [3.05, 3.63) is 6.42 Å². The number of hydrogen-bond donors (Lipinski definition) is 0. The number of rotatable bonds is 1. The summed E-state index contributed by atoms with van der Waals surface area (Å²) >= 11 is 0. The molecule has 0 aromatic rings. The SMILES string of the molecule is CCC1C[CH]CCC1C. The van der Waals surface area contributed by atoms with E-state index in [0.29, 0.717) is 0 Å². The van der Waals surface area contributed by atoms with E-state index in [2.05, 4.69) is 20.3 Å². The van der Waals surface area contributed by atoms with Gasteiger partial charge in [0.25, 0.3) is 0 Å². The highest BCUT2D eigenvalue weighted by Crippen LogP contribution is 2.30. The molecule has 0 aromatic carbocycles. The van der Waals surface area contributed by atoms with Crippen molar-refractivity contribution in [1.29, 1.82) is 0 Å². The molecule has 0 N–H and O–H groups in total. The van der Waals surface area contributed by atoms with E-state index in [-0.39, 0.29) is 0 Å². The Morgan fingerprint density at radius 3 is 2.78 bits per heavy atom. The van der Waals surface area contributed by atoms with E-state index in [1.54, 1.807) is 0 Å². The van der Waals surface area contributed by atoms with Crippen LogP contribution in [0.15, 0.2) is 0 Å². The summed E-state index contributed by atoms with van der Waals surface area (Å²) in [5, 5.41) is 0. The van der Waals surface area contributed by atoms with Crippen molar-refractivity contribution in [3.8, 4) is 0 Å². The van der Waals surface area contributed by atoms with Crippen molar-refractivity contribution in [2.75, 3.05) is 0 Å². The Bertz CT molecular complexity index is 76.1. The van der Waals surface area contributed by atoms with Gasteiger partial charge in [0.05, 0.1) is 0 Å². The van der Waals surface area contributed by atoms with Crippen molar-refractivity contribution in [2.45, 2.75) is 39.5 Å². The van der Waals surface area contributed by atoms with Crippen LogP contribution in [-0.2, 0) is 0 Å². The molecule has 1 aliphatic rings. The minimum absolute atomic E-state index is 0.986. The van der Waals surface area contributed by atoms with Crippen molar-refractivity contribution >= 4 is 0 Å². The quantitative estimate of drug-likeness (QED) is 0.505. The summed E-state index contributed by atoms with van der Waals surface area (Å²) in [6.45, 7) is 4.70. The van der Waals surface area contributed by atoms with Gasteiger partial charge in [-0.3, -0.25) is 0 Å². The standard InChI is InChI=1S/C9H17/c1-3-9-7-5-4-6-8(9)2/h5,8-9H,3-4,6-7H2,1-2H3. The highest BCUT2D eigenvalue weighted by molar-refractivity contribution is 4.80. The zero-order valence-electron chi connectivity index (χ0n) is 6.56. The van der Waals surface area contributed by atoms with Gasteiger partial charge in [0.2, 0.25) is 0 Å². The molecule has 2 atom stereocenters. The van der Waals surface area contributed by atoms with Gasteiger partial charge >= 0.3 is 0 Å². The van der Waals surface area contributed by atoms with Crippen LogP contribution in [0.25, 0.3) is 0 Å². The van der Waals surface area contributed by atoms with E-state index in [4.69, 9.17) is 0 Å². The largest absolute Gasteiger partial charge is 0.0651 e. The molecule has 0 bridgehead atoms. The van der Waals surface area contributed by atoms with Crippen LogP contribution in [0, 0.1) is 18.3 Å². The average molecular weight is 125 g/mol. The third-order valence-electron chi connectivity index (χ3n) is 2.62. The molecule has 1 rings (SSSR count). The predicted octanol–water partition coefficient (Wildman–Crippen LogP) is 3.04. The zero-order chi connectivity index (χ0) is 6.69. The highest BCUT2D eigenvalue weighted by Gasteiger charge is 2.18. The summed E-state index contributed by atoms with van der Waals surface area (Å²) in [5.41, 5.74) is 0. The predicted molar refractivity (Wildman–Crippen MR) is 41.1 cm³/mol. The van der Waals surface area contributed by atoms with Gasteiger partial charge in [-0.2, -0.15) is 0 Å². The van der Waals surface area contributed by atoms with Crippen molar-refractivity contribution in [1.82, 2.24) is 0 Å². The summed E-state index contributed by atoms with van der Waals surface area (Å²) in [4.78, 5) is 0. The maximum absolute atomic E-state index is 2.45. The Balaban J connectivity index is 2.30. The molecule has 0 spiro atoms. The summed E-state index contributed by atoms with van der Waals surface area (Å²) in [5.74, 6) is 1.98. The lowest BCUT2D eigenvalue weighted by Gasteiger charge is -2.27. The minimum Gasteiger partial charge on any atom is -0.0651 e. The van der Waals surface area contributed by atoms with Crippen LogP contribution in [0.1, 0.15) is 39.5 Å². The third kappa shape index (κ3) is 1.70. The van der Waals surface area contributed by atoms with Crippen molar-refractivity contribution in [3.63, 3.8) is 0 Å². The summed E-state index contributed by atoms with van der Waals surface area (Å²) in [6, 6.07) is 0. The van der Waals surface area contributed by atoms with Crippen LogP contribution in [0.3, 0.4) is 0 Å². The van der Waals surface area contributed by atoms with Gasteiger partial charge in [0.1, 0.15) is 0 Å². The lowest BCUT2D eigenvalue weighted by Crippen LogP contribution is -2.15. The van der Waals surface area contributed by atoms with Gasteiger partial charge < -0.3 is 0 Å². The van der Waals surface area contributed by atoms with Crippen molar-refractivity contribution in [2.24, 2.45) is 11.8 Å². The second-order valence-corrected chi connectivity index (χ2v) is 3.25. The second-order valence-electron chi connectivity index (χ2n) is 3.25. The average Bonchev–Trinajstić information content (AvgIpc) is 1.89. The highest BCUT2D eigenvalue weighted by atomic mass is 14.2. The lowest BCUT2D eigenvalue weighted by atomic mass is 9.79. The van der Waals surface area contributed by atoms with E-state index >= 15 is 0 Å². The minimum atomic E-state index is 0.986. The lowest BCUT2D eigenvalue weighted by molar-refractivity contribution is 0.287. The van der Waals surface area contributed by atoms with Gasteiger partial charge in [-0.05, 0) is 31.1 Å². The van der Waals surface area contributed by atoms with Crippen LogP contribution in [0.5, 0.6) is 0 Å². The summed E-state index contributed by atoms with van der Waals surface area (Å²) < 4.78 is 0. The van der Waals surface area contributed by atoms with E-state index < -0.39 is 0 Å². The Morgan fingerprint density at radius 1 is 1.56 bits per heavy atom. The van der Waals surface area contributed by atoms with Crippen LogP contribution in [0.2, 0.25) is 0 Å². The molecule has 0 heteroatoms. The molecule has 1 radical (unpaired) electrons. The van der Waals surface area contributed by atoms with E-state index in [9.17, 15) is 0 Å². The van der Waals surface area contributed by atoms with Gasteiger partial charge in [-0.25, -0.2) is 0 Å². The molecular weight excluding hydrogens is 108 g/mol. The first-order chi connectivity index (χ1) is 4.34. The third-order valence-corrected chi connectivity index (χ3v) is 2.62. The fourth-order valence-electron chi connectivity index (χ4n) is 1.75. The molecule has 0 aromatic heterocycles. The molecule has 9 heavy (non-hydrogen) atoms. The normalized spacial score (nSPS) is 36.7. The smallest absolute Gasteiger partial charge is 0.0383 e. The van der Waals surface area contributed by atoms with Crippen LogP contribution in [-0.4, -0.2) is 0 Å². The summed E-state index contributed by atoms with van der Waals surface area (Å²) in [6.07, 6.45) is 7.99. The van der Waals surface area contributed by atoms with E-state index in [0.717, 1.165) is 11.8 Å². The van der Waals surface area contributed by atoms with Crippen LogP contribution >= 0.6 is 0 Å². The molecule has 0 heterocycles. The Kier molecular flexibility index (Phi) is 2.56. The molecule has 53 valence electrons. The molecule has 0 nitrogen and oxygen atoms in total. The molecular formula is C9H17. The van der Waals surface area contributed by atoms with Gasteiger partial charge in [0, 0.05) is 0 Å². The molecule has 1 saturated carbocycles. The van der Waals surface area contributed by atoms with Crippen LogP contribution in [0.4, 0.5) is 0 Å². The monoisotopic (exact) mass is 125 g/mol. The maximum Gasteiger partial charge on any atom is -0.0383 e. The first kappa shape index (κ1) is 7.11. The Morgan fingerprint density at radius 2 is 2.33 bits per heavy atom. The van der Waals surface area contributed by atoms with Crippen LogP contribution < -0.4 is 0 Å². The van der Waals surface area contributed by atoms with E-state index in [1.807, 2.05) is 0 Å². The molecule has 1 fully saturated rings. The summed E-state index contributed by atoms with van der Waals surface area (Å²) in [7, 11) is 0. The fraction of sp³-hybridized carbons (Fsp3) is 0.889. The molecule has 0 aliphatic heterocycles. The fourth-order valence-corrected chi connectivity index (χ4v) is 1.75. The van der Waals surface area contributed by atoms with Crippen molar-refractivity contribution < 1.29 is 0 Å². The molecule has 1 aliphatic carbocycles. The molecule has 0 saturated heterocycles. The maximum atomic E-state index is 2.45. The Hall–Kier alpha value is 0. The first-order valence-corrected chi connectivity index (χ1v) is 4.16. The van der Waals surface area contributed by atoms with Gasteiger partial charge in [-0.15, -0.1) is 0 Å².